The second kappa shape index (κ2) is 7.40. The number of hydrogen-bond acceptors (Lipinski definition) is 3. The Morgan fingerprint density at radius 2 is 1.93 bits per heavy atom. The highest BCUT2D eigenvalue weighted by Gasteiger charge is 2.22. The highest BCUT2D eigenvalue weighted by atomic mass is 32.1. The van der Waals surface area contributed by atoms with Crippen LogP contribution in [0.5, 0.6) is 0 Å². The number of carboxylic acid groups (broad SMARTS) is 1. The normalized spacial score (nSPS) is 13.9. The number of carbonyl (C=O) groups is 2. The average Bonchev–Trinajstić information content (AvgIpc) is 3.27. The largest absolute Gasteiger partial charge is 0.480 e. The fourth-order valence-electron chi connectivity index (χ4n) is 3.59. The molecule has 2 aromatic carbocycles. The van der Waals surface area contributed by atoms with Gasteiger partial charge >= 0.3 is 12.0 Å². The maximum Gasteiger partial charge on any atom is 0.326 e. The summed E-state index contributed by atoms with van der Waals surface area (Å²) >= 11 is 1.58. The molecule has 0 fully saturated rings. The summed E-state index contributed by atoms with van der Waals surface area (Å²) in [7, 11) is 0. The number of carboxylic acids is 1. The molecule has 5 nitrogen and oxygen atoms in total. The first-order valence-corrected chi connectivity index (χ1v) is 9.85. The summed E-state index contributed by atoms with van der Waals surface area (Å²) in [5.41, 5.74) is 4.21. The van der Waals surface area contributed by atoms with Crippen LogP contribution >= 0.6 is 11.3 Å². The maximum atomic E-state index is 12.3. The number of rotatable bonds is 5. The first-order valence-electron chi connectivity index (χ1n) is 8.97. The third kappa shape index (κ3) is 3.80. The van der Waals surface area contributed by atoms with Crippen molar-refractivity contribution in [3.05, 3.63) is 64.5 Å². The highest BCUT2D eigenvalue weighted by Crippen LogP contribution is 2.27. The van der Waals surface area contributed by atoms with E-state index in [1.165, 1.54) is 11.1 Å². The Hall–Kier alpha value is -2.86. The predicted octanol–water partition coefficient (Wildman–Crippen LogP) is 4.21. The van der Waals surface area contributed by atoms with Crippen LogP contribution in [0.4, 0.5) is 10.5 Å². The molecule has 2 amide bonds. The number of thiophene rings is 1. The molecular formula is C21H20N2O3S. The quantitative estimate of drug-likeness (QED) is 0.620. The predicted molar refractivity (Wildman–Crippen MR) is 108 cm³/mol. The van der Waals surface area contributed by atoms with Crippen molar-refractivity contribution in [3.63, 3.8) is 0 Å². The molecule has 1 aliphatic rings. The average molecular weight is 380 g/mol. The van der Waals surface area contributed by atoms with Gasteiger partial charge in [-0.25, -0.2) is 9.59 Å². The van der Waals surface area contributed by atoms with E-state index < -0.39 is 18.0 Å². The highest BCUT2D eigenvalue weighted by molar-refractivity contribution is 7.17. The van der Waals surface area contributed by atoms with Gasteiger partial charge in [0, 0.05) is 16.8 Å². The zero-order valence-electron chi connectivity index (χ0n) is 14.7. The summed E-state index contributed by atoms with van der Waals surface area (Å²) in [5.74, 6) is -1.05. The molecule has 1 aliphatic carbocycles. The number of benzene rings is 2. The molecular weight excluding hydrogens is 360 g/mol. The van der Waals surface area contributed by atoms with Crippen LogP contribution in [0, 0.1) is 0 Å². The van der Waals surface area contributed by atoms with Crippen LogP contribution in [-0.2, 0) is 24.1 Å². The van der Waals surface area contributed by atoms with Crippen molar-refractivity contribution in [2.45, 2.75) is 31.7 Å². The number of carbonyl (C=O) groups excluding carboxylic acids is 1. The van der Waals surface area contributed by atoms with E-state index in [1.807, 2.05) is 47.8 Å². The molecule has 6 heteroatoms. The van der Waals surface area contributed by atoms with Crippen LogP contribution in [0.25, 0.3) is 10.1 Å². The number of anilines is 1. The molecule has 0 bridgehead atoms. The number of hydrogen-bond donors (Lipinski definition) is 3. The van der Waals surface area contributed by atoms with E-state index in [1.54, 1.807) is 11.3 Å². The molecule has 27 heavy (non-hydrogen) atoms. The Kier molecular flexibility index (Phi) is 4.81. The maximum absolute atomic E-state index is 12.3. The second-order valence-corrected chi connectivity index (χ2v) is 7.70. The van der Waals surface area contributed by atoms with Gasteiger partial charge in [-0.15, -0.1) is 11.3 Å². The number of amides is 2. The minimum Gasteiger partial charge on any atom is -0.480 e. The van der Waals surface area contributed by atoms with Gasteiger partial charge in [0.1, 0.15) is 6.04 Å². The van der Waals surface area contributed by atoms with Gasteiger partial charge in [-0.05, 0) is 64.9 Å². The van der Waals surface area contributed by atoms with E-state index in [0.29, 0.717) is 5.69 Å². The van der Waals surface area contributed by atoms with E-state index in [9.17, 15) is 14.7 Å². The van der Waals surface area contributed by atoms with Gasteiger partial charge in [0.15, 0.2) is 0 Å². The van der Waals surface area contributed by atoms with Crippen LogP contribution < -0.4 is 10.6 Å². The summed E-state index contributed by atoms with van der Waals surface area (Å²) in [6.07, 6.45) is 3.49. The Bertz CT molecular complexity index is 1010. The minimum atomic E-state index is -1.05. The molecule has 0 radical (unpaired) electrons. The molecule has 3 N–H and O–H groups in total. The van der Waals surface area contributed by atoms with E-state index in [-0.39, 0.29) is 6.42 Å². The van der Waals surface area contributed by atoms with Crippen LogP contribution in [0.1, 0.15) is 23.1 Å². The lowest BCUT2D eigenvalue weighted by Crippen LogP contribution is -2.44. The van der Waals surface area contributed by atoms with Crippen LogP contribution in [0.15, 0.2) is 47.8 Å². The standard InChI is InChI=1S/C21H20N2O3S/c24-20(25)18(11-15-12-27-19-7-2-1-6-17(15)19)23-21(26)22-16-9-8-13-4-3-5-14(13)10-16/h1-2,6-10,12,18H,3-5,11H2,(H,24,25)(H2,22,23,26). The van der Waals surface area contributed by atoms with Crippen LogP contribution in [-0.4, -0.2) is 23.1 Å². The molecule has 1 unspecified atom stereocenters. The third-order valence-electron chi connectivity index (χ3n) is 4.94. The zero-order valence-corrected chi connectivity index (χ0v) is 15.5. The summed E-state index contributed by atoms with van der Waals surface area (Å²) in [5, 5.41) is 17.9. The third-order valence-corrected chi connectivity index (χ3v) is 5.96. The van der Waals surface area contributed by atoms with Crippen LogP contribution in [0.3, 0.4) is 0 Å². The summed E-state index contributed by atoms with van der Waals surface area (Å²) in [6, 6.07) is 12.3. The summed E-state index contributed by atoms with van der Waals surface area (Å²) in [6.45, 7) is 0. The molecule has 4 rings (SSSR count). The molecule has 0 spiro atoms. The van der Waals surface area contributed by atoms with E-state index >= 15 is 0 Å². The molecule has 0 aliphatic heterocycles. The van der Waals surface area contributed by atoms with Crippen molar-refractivity contribution >= 4 is 39.1 Å². The summed E-state index contributed by atoms with van der Waals surface area (Å²) < 4.78 is 1.11. The molecule has 0 saturated heterocycles. The summed E-state index contributed by atoms with van der Waals surface area (Å²) in [4.78, 5) is 24.0. The minimum absolute atomic E-state index is 0.247. The van der Waals surface area contributed by atoms with Gasteiger partial charge in [0.25, 0.3) is 0 Å². The Labute approximate surface area is 161 Å². The smallest absolute Gasteiger partial charge is 0.326 e. The lowest BCUT2D eigenvalue weighted by molar-refractivity contribution is -0.139. The van der Waals surface area contributed by atoms with Crippen molar-refractivity contribution < 1.29 is 14.7 Å². The van der Waals surface area contributed by atoms with E-state index in [0.717, 1.165) is 34.9 Å². The van der Waals surface area contributed by atoms with Crippen molar-refractivity contribution in [2.75, 3.05) is 5.32 Å². The second-order valence-electron chi connectivity index (χ2n) is 6.79. The van der Waals surface area contributed by atoms with Gasteiger partial charge in [0.2, 0.25) is 0 Å². The fraction of sp³-hybridized carbons (Fsp3) is 0.238. The molecule has 1 aromatic heterocycles. The number of aryl methyl sites for hydroxylation is 2. The van der Waals surface area contributed by atoms with Gasteiger partial charge < -0.3 is 15.7 Å². The van der Waals surface area contributed by atoms with Crippen LogP contribution in [0.2, 0.25) is 0 Å². The van der Waals surface area contributed by atoms with Crippen molar-refractivity contribution in [1.82, 2.24) is 5.32 Å². The number of nitrogens with one attached hydrogen (secondary N) is 2. The van der Waals surface area contributed by atoms with E-state index in [4.69, 9.17) is 0 Å². The van der Waals surface area contributed by atoms with Gasteiger partial charge in [-0.1, -0.05) is 24.3 Å². The lowest BCUT2D eigenvalue weighted by atomic mass is 10.1. The first kappa shape index (κ1) is 17.5. The Morgan fingerprint density at radius 3 is 2.78 bits per heavy atom. The number of urea groups is 1. The van der Waals surface area contributed by atoms with Gasteiger partial charge in [-0.2, -0.15) is 0 Å². The number of aliphatic carboxylic acids is 1. The Balaban J connectivity index is 1.45. The Morgan fingerprint density at radius 1 is 1.11 bits per heavy atom. The number of fused-ring (bicyclic) bond motifs is 2. The van der Waals surface area contributed by atoms with E-state index in [2.05, 4.69) is 10.6 Å². The van der Waals surface area contributed by atoms with Gasteiger partial charge in [0.05, 0.1) is 0 Å². The molecule has 0 saturated carbocycles. The molecule has 3 aromatic rings. The SMILES string of the molecule is O=C(Nc1ccc2c(c1)CCC2)NC(Cc1csc2ccccc12)C(=O)O. The first-order chi connectivity index (χ1) is 13.1. The molecule has 138 valence electrons. The van der Waals surface area contributed by atoms with Crippen molar-refractivity contribution in [1.29, 1.82) is 0 Å². The van der Waals surface area contributed by atoms with Gasteiger partial charge in [-0.3, -0.25) is 0 Å². The zero-order chi connectivity index (χ0) is 18.8. The fourth-order valence-corrected chi connectivity index (χ4v) is 4.56. The van der Waals surface area contributed by atoms with Crippen molar-refractivity contribution in [2.24, 2.45) is 0 Å². The van der Waals surface area contributed by atoms with Crippen molar-refractivity contribution in [3.8, 4) is 0 Å². The molecule has 1 atom stereocenters. The topological polar surface area (TPSA) is 78.4 Å². The lowest BCUT2D eigenvalue weighted by Gasteiger charge is -2.15. The monoisotopic (exact) mass is 380 g/mol. The molecule has 1 heterocycles.